The number of esters is 2. The van der Waals surface area contributed by atoms with Crippen LogP contribution in [0.4, 0.5) is 0 Å². The Morgan fingerprint density at radius 2 is 1.52 bits per heavy atom. The quantitative estimate of drug-likeness (QED) is 0.613. The first-order valence-electron chi connectivity index (χ1n) is 9.35. The zero-order valence-electron chi connectivity index (χ0n) is 17.3. The SMILES string of the molecule is CCC(C)(C)C(=O)OCC(=O)OC(C1COC(C)(C)O1)C1COC(C)(C)O1. The maximum atomic E-state index is 12.3. The second-order valence-corrected chi connectivity index (χ2v) is 8.50. The molecule has 2 saturated heterocycles. The van der Waals surface area contributed by atoms with Crippen LogP contribution in [0.25, 0.3) is 0 Å². The predicted molar refractivity (Wildman–Crippen MR) is 94.7 cm³/mol. The molecular weight excluding hydrogens is 356 g/mol. The molecule has 2 aliphatic heterocycles. The highest BCUT2D eigenvalue weighted by molar-refractivity contribution is 5.79. The van der Waals surface area contributed by atoms with Gasteiger partial charge in [0.1, 0.15) is 12.2 Å². The second-order valence-electron chi connectivity index (χ2n) is 8.50. The second kappa shape index (κ2) is 8.03. The molecule has 2 aliphatic rings. The van der Waals surface area contributed by atoms with Crippen molar-refractivity contribution in [2.45, 2.75) is 84.8 Å². The molecule has 2 rings (SSSR count). The minimum Gasteiger partial charge on any atom is -0.454 e. The van der Waals surface area contributed by atoms with Crippen molar-refractivity contribution in [3.8, 4) is 0 Å². The maximum absolute atomic E-state index is 12.3. The lowest BCUT2D eigenvalue weighted by molar-refractivity contribution is -0.198. The summed E-state index contributed by atoms with van der Waals surface area (Å²) in [6.45, 7) is 12.6. The Balaban J connectivity index is 1.99. The molecule has 8 heteroatoms. The summed E-state index contributed by atoms with van der Waals surface area (Å²) < 4.78 is 33.6. The summed E-state index contributed by atoms with van der Waals surface area (Å²) in [4.78, 5) is 24.4. The summed E-state index contributed by atoms with van der Waals surface area (Å²) in [5.41, 5.74) is -0.654. The Bertz CT molecular complexity index is 528. The third kappa shape index (κ3) is 5.88. The highest BCUT2D eigenvalue weighted by Crippen LogP contribution is 2.32. The van der Waals surface area contributed by atoms with E-state index >= 15 is 0 Å². The van der Waals surface area contributed by atoms with Gasteiger partial charge >= 0.3 is 11.9 Å². The van der Waals surface area contributed by atoms with Gasteiger partial charge in [-0.1, -0.05) is 6.92 Å². The minimum atomic E-state index is -0.776. The van der Waals surface area contributed by atoms with Crippen LogP contribution < -0.4 is 0 Å². The van der Waals surface area contributed by atoms with Gasteiger partial charge in [-0.05, 0) is 48.0 Å². The lowest BCUT2D eigenvalue weighted by Crippen LogP contribution is -2.45. The smallest absolute Gasteiger partial charge is 0.344 e. The topological polar surface area (TPSA) is 89.5 Å². The number of hydrogen-bond acceptors (Lipinski definition) is 8. The van der Waals surface area contributed by atoms with E-state index in [9.17, 15) is 9.59 Å². The van der Waals surface area contributed by atoms with Gasteiger partial charge in [-0.15, -0.1) is 0 Å². The first-order valence-corrected chi connectivity index (χ1v) is 9.35. The van der Waals surface area contributed by atoms with Crippen LogP contribution in [0.3, 0.4) is 0 Å². The molecule has 0 aromatic heterocycles. The summed E-state index contributed by atoms with van der Waals surface area (Å²) in [6.07, 6.45) is -1.14. The molecule has 2 fully saturated rings. The monoisotopic (exact) mass is 388 g/mol. The highest BCUT2D eigenvalue weighted by atomic mass is 16.8. The first kappa shape index (κ1) is 22.1. The van der Waals surface area contributed by atoms with Crippen molar-refractivity contribution in [3.63, 3.8) is 0 Å². The van der Waals surface area contributed by atoms with E-state index in [0.29, 0.717) is 6.42 Å². The van der Waals surface area contributed by atoms with E-state index < -0.39 is 53.8 Å². The Kier molecular flexibility index (Phi) is 6.56. The van der Waals surface area contributed by atoms with E-state index in [1.807, 2.05) is 6.92 Å². The molecule has 27 heavy (non-hydrogen) atoms. The van der Waals surface area contributed by atoms with Crippen LogP contribution in [-0.4, -0.2) is 61.6 Å². The average Bonchev–Trinajstić information content (AvgIpc) is 3.11. The molecule has 0 amide bonds. The number of carbonyl (C=O) groups is 2. The van der Waals surface area contributed by atoms with Gasteiger partial charge in [-0.25, -0.2) is 4.79 Å². The average molecular weight is 388 g/mol. The molecule has 0 N–H and O–H groups in total. The van der Waals surface area contributed by atoms with Gasteiger partial charge < -0.3 is 28.4 Å². The zero-order chi connectivity index (χ0) is 20.5. The number of ether oxygens (including phenoxy) is 6. The molecule has 156 valence electrons. The molecule has 0 aromatic carbocycles. The molecule has 2 heterocycles. The van der Waals surface area contributed by atoms with E-state index in [-0.39, 0.29) is 13.2 Å². The third-order valence-corrected chi connectivity index (χ3v) is 4.82. The van der Waals surface area contributed by atoms with Crippen LogP contribution in [0.2, 0.25) is 0 Å². The highest BCUT2D eigenvalue weighted by Gasteiger charge is 2.47. The molecule has 8 nitrogen and oxygen atoms in total. The van der Waals surface area contributed by atoms with Gasteiger partial charge in [0.2, 0.25) is 0 Å². The van der Waals surface area contributed by atoms with Gasteiger partial charge in [0.05, 0.1) is 18.6 Å². The van der Waals surface area contributed by atoms with Crippen molar-refractivity contribution in [2.75, 3.05) is 19.8 Å². The van der Waals surface area contributed by atoms with Crippen LogP contribution in [0.5, 0.6) is 0 Å². The van der Waals surface area contributed by atoms with Gasteiger partial charge in [-0.3, -0.25) is 4.79 Å². The lowest BCUT2D eigenvalue weighted by Gasteiger charge is -2.28. The van der Waals surface area contributed by atoms with Crippen molar-refractivity contribution >= 4 is 11.9 Å². The molecule has 2 atom stereocenters. The van der Waals surface area contributed by atoms with Crippen LogP contribution in [0.1, 0.15) is 54.9 Å². The van der Waals surface area contributed by atoms with Crippen LogP contribution >= 0.6 is 0 Å². The summed E-state index contributed by atoms with van der Waals surface area (Å²) >= 11 is 0. The predicted octanol–water partition coefficient (Wildman–Crippen LogP) is 2.18. The van der Waals surface area contributed by atoms with E-state index in [1.54, 1.807) is 41.5 Å². The van der Waals surface area contributed by atoms with Gasteiger partial charge in [0, 0.05) is 0 Å². The fourth-order valence-electron chi connectivity index (χ4n) is 2.80. The number of rotatable bonds is 7. The van der Waals surface area contributed by atoms with Crippen LogP contribution in [0, 0.1) is 5.41 Å². The van der Waals surface area contributed by atoms with Crippen molar-refractivity contribution in [1.82, 2.24) is 0 Å². The molecule has 0 bridgehead atoms. The summed E-state index contributed by atoms with van der Waals surface area (Å²) in [7, 11) is 0. The maximum Gasteiger partial charge on any atom is 0.344 e. The first-order chi connectivity index (χ1) is 12.4. The Morgan fingerprint density at radius 1 is 1.04 bits per heavy atom. The summed E-state index contributed by atoms with van der Waals surface area (Å²) in [5, 5.41) is 0. The lowest BCUT2D eigenvalue weighted by atomic mass is 9.91. The molecule has 0 aromatic rings. The normalized spacial score (nSPS) is 28.0. The molecule has 0 radical (unpaired) electrons. The van der Waals surface area contributed by atoms with Gasteiger partial charge in [-0.2, -0.15) is 0 Å². The Hall–Kier alpha value is -1.22. The van der Waals surface area contributed by atoms with Gasteiger partial charge in [0.15, 0.2) is 24.3 Å². The summed E-state index contributed by atoms with van der Waals surface area (Å²) in [6, 6.07) is 0. The minimum absolute atomic E-state index is 0.258. The van der Waals surface area contributed by atoms with E-state index in [0.717, 1.165) is 0 Å². The van der Waals surface area contributed by atoms with E-state index in [2.05, 4.69) is 0 Å². The van der Waals surface area contributed by atoms with Gasteiger partial charge in [0.25, 0.3) is 0 Å². The zero-order valence-corrected chi connectivity index (χ0v) is 17.3. The van der Waals surface area contributed by atoms with E-state index in [4.69, 9.17) is 28.4 Å². The number of carbonyl (C=O) groups excluding carboxylic acids is 2. The fourth-order valence-corrected chi connectivity index (χ4v) is 2.80. The summed E-state index contributed by atoms with van der Waals surface area (Å²) in [5.74, 6) is -2.66. The van der Waals surface area contributed by atoms with Crippen LogP contribution in [0.15, 0.2) is 0 Å². The van der Waals surface area contributed by atoms with Crippen molar-refractivity contribution in [3.05, 3.63) is 0 Å². The molecule has 2 unspecified atom stereocenters. The largest absolute Gasteiger partial charge is 0.454 e. The standard InChI is InChI=1S/C19H32O8/c1-8-17(2,3)16(21)22-11-14(20)25-15(12-9-23-18(4,5)26-12)13-10-24-19(6,7)27-13/h12-13,15H,8-11H2,1-7H3. The molecule has 0 saturated carbocycles. The Morgan fingerprint density at radius 3 is 1.89 bits per heavy atom. The molecule has 0 aliphatic carbocycles. The van der Waals surface area contributed by atoms with Crippen molar-refractivity contribution in [1.29, 1.82) is 0 Å². The Labute approximate surface area is 160 Å². The fraction of sp³-hybridized carbons (Fsp3) is 0.895. The van der Waals surface area contributed by atoms with Crippen molar-refractivity contribution in [2.24, 2.45) is 5.41 Å². The third-order valence-electron chi connectivity index (χ3n) is 4.82. The van der Waals surface area contributed by atoms with E-state index in [1.165, 1.54) is 0 Å². The molecular formula is C19H32O8. The van der Waals surface area contributed by atoms with Crippen molar-refractivity contribution < 1.29 is 38.0 Å². The number of hydrogen-bond donors (Lipinski definition) is 0. The molecule has 0 spiro atoms. The van der Waals surface area contributed by atoms with Crippen LogP contribution in [-0.2, 0) is 38.0 Å².